The lowest BCUT2D eigenvalue weighted by Crippen LogP contribution is -3.09. The summed E-state index contributed by atoms with van der Waals surface area (Å²) in [6, 6.07) is 8.65. The average Bonchev–Trinajstić information content (AvgIpc) is 3.11. The first-order valence-corrected chi connectivity index (χ1v) is 8.51. The fourth-order valence-corrected chi connectivity index (χ4v) is 4.12. The molecule has 3 aliphatic heterocycles. The second-order valence-corrected chi connectivity index (χ2v) is 6.57. The van der Waals surface area contributed by atoms with E-state index in [1.165, 1.54) is 21.2 Å². The highest BCUT2D eigenvalue weighted by Gasteiger charge is 2.33. The van der Waals surface area contributed by atoms with Crippen LogP contribution in [0.5, 0.6) is 23.0 Å². The molecule has 2 aromatic carbocycles. The van der Waals surface area contributed by atoms with Crippen molar-refractivity contribution in [1.82, 2.24) is 0 Å². The Morgan fingerprint density at radius 3 is 2.72 bits per heavy atom. The highest BCUT2D eigenvalue weighted by Crippen LogP contribution is 2.37. The van der Waals surface area contributed by atoms with Gasteiger partial charge in [0.1, 0.15) is 12.2 Å². The van der Waals surface area contributed by atoms with Crippen molar-refractivity contribution in [3.8, 4) is 23.0 Å². The summed E-state index contributed by atoms with van der Waals surface area (Å²) in [4.78, 5) is 1.41. The second-order valence-electron chi connectivity index (χ2n) is 6.57. The maximum Gasteiger partial charge on any atom is 0.231 e. The molecule has 0 bridgehead atoms. The molecule has 0 aromatic heterocycles. The van der Waals surface area contributed by atoms with Gasteiger partial charge in [-0.15, -0.1) is 0 Å². The van der Waals surface area contributed by atoms with E-state index < -0.39 is 0 Å². The Kier molecular flexibility index (Phi) is 3.18. The quantitative estimate of drug-likeness (QED) is 0.846. The van der Waals surface area contributed by atoms with Gasteiger partial charge in [0.15, 0.2) is 23.0 Å². The third-order valence-corrected chi connectivity index (χ3v) is 5.35. The monoisotopic (exact) mass is 338 g/mol. The Morgan fingerprint density at radius 2 is 1.92 bits per heavy atom. The Bertz CT molecular complexity index is 982. The number of rotatable bonds is 2. The normalized spacial score (nSPS) is 22.0. The van der Waals surface area contributed by atoms with Gasteiger partial charge in [-0.2, -0.15) is 0 Å². The maximum atomic E-state index is 5.62. The molecule has 0 fully saturated rings. The molecule has 0 spiro atoms. The molecule has 0 saturated carbocycles. The highest BCUT2D eigenvalue weighted by atomic mass is 16.7. The summed E-state index contributed by atoms with van der Waals surface area (Å²) in [5.74, 6) is 3.29. The van der Waals surface area contributed by atoms with Gasteiger partial charge in [-0.25, -0.2) is 0 Å². The summed E-state index contributed by atoms with van der Waals surface area (Å²) in [5.41, 5.74) is 2.67. The summed E-state index contributed by atoms with van der Waals surface area (Å²) in [7, 11) is 3.37. The van der Waals surface area contributed by atoms with E-state index >= 15 is 0 Å². The van der Waals surface area contributed by atoms with Crippen molar-refractivity contribution in [2.24, 2.45) is 0 Å². The topological polar surface area (TPSA) is 41.4 Å². The van der Waals surface area contributed by atoms with Gasteiger partial charge in [0.05, 0.1) is 26.0 Å². The van der Waals surface area contributed by atoms with Crippen molar-refractivity contribution in [3.05, 3.63) is 45.8 Å². The van der Waals surface area contributed by atoms with Crippen molar-refractivity contribution < 1.29 is 23.8 Å². The molecular weight excluding hydrogens is 318 g/mol. The van der Waals surface area contributed by atoms with Crippen LogP contribution >= 0.6 is 0 Å². The summed E-state index contributed by atoms with van der Waals surface area (Å²) in [6.07, 6.45) is 5.62. The molecule has 1 N–H and O–H groups in total. The number of benzene rings is 2. The predicted molar refractivity (Wildman–Crippen MR) is 92.6 cm³/mol. The van der Waals surface area contributed by atoms with Gasteiger partial charge in [0, 0.05) is 12.0 Å². The van der Waals surface area contributed by atoms with Crippen LogP contribution in [0.2, 0.25) is 0 Å². The van der Waals surface area contributed by atoms with Crippen molar-refractivity contribution in [3.63, 3.8) is 0 Å². The minimum atomic E-state index is 0.281. The number of quaternary nitrogens is 1. The number of hydrogen-bond donors (Lipinski definition) is 1. The van der Waals surface area contributed by atoms with Gasteiger partial charge in [0.25, 0.3) is 0 Å². The lowest BCUT2D eigenvalue weighted by molar-refractivity contribution is -0.844. The van der Waals surface area contributed by atoms with E-state index in [-0.39, 0.29) is 6.04 Å². The van der Waals surface area contributed by atoms with Crippen LogP contribution in [0.3, 0.4) is 0 Å². The molecule has 0 radical (unpaired) electrons. The van der Waals surface area contributed by atoms with Crippen LogP contribution < -0.4 is 34.3 Å². The second kappa shape index (κ2) is 5.43. The molecule has 2 atom stereocenters. The molecule has 0 amide bonds. The minimum absolute atomic E-state index is 0.281. The molecule has 0 saturated heterocycles. The SMILES string of the molecule is COc1ccc2c(c1OC)=C[NH+]1CCc3cc4c(cc3C1C=2)OCO4. The van der Waals surface area contributed by atoms with E-state index in [1.807, 2.05) is 6.07 Å². The first kappa shape index (κ1) is 14.7. The molecule has 3 heterocycles. The highest BCUT2D eigenvalue weighted by molar-refractivity contribution is 5.56. The van der Waals surface area contributed by atoms with Crippen LogP contribution in [0.25, 0.3) is 12.3 Å². The zero-order valence-corrected chi connectivity index (χ0v) is 14.3. The fraction of sp³-hybridized carbons (Fsp3) is 0.300. The Morgan fingerprint density at radius 1 is 1.08 bits per heavy atom. The van der Waals surface area contributed by atoms with Gasteiger partial charge in [-0.05, 0) is 35.1 Å². The number of fused-ring (bicyclic) bond motifs is 5. The lowest BCUT2D eigenvalue weighted by atomic mass is 9.90. The Balaban J connectivity index is 1.69. The van der Waals surface area contributed by atoms with Gasteiger partial charge in [-0.1, -0.05) is 6.07 Å². The van der Waals surface area contributed by atoms with E-state index in [4.69, 9.17) is 18.9 Å². The van der Waals surface area contributed by atoms with Gasteiger partial charge >= 0.3 is 0 Å². The first-order chi connectivity index (χ1) is 12.3. The van der Waals surface area contributed by atoms with Crippen LogP contribution in [0, 0.1) is 0 Å². The predicted octanol–water partition coefficient (Wildman–Crippen LogP) is 0.147. The smallest absolute Gasteiger partial charge is 0.231 e. The van der Waals surface area contributed by atoms with Crippen molar-refractivity contribution in [1.29, 1.82) is 0 Å². The third kappa shape index (κ3) is 2.12. The van der Waals surface area contributed by atoms with Crippen molar-refractivity contribution >= 4 is 12.3 Å². The molecular formula is C20H20NO4+. The van der Waals surface area contributed by atoms with Crippen LogP contribution in [0.15, 0.2) is 24.3 Å². The first-order valence-electron chi connectivity index (χ1n) is 8.51. The number of hydrogen-bond acceptors (Lipinski definition) is 4. The average molecular weight is 338 g/mol. The summed E-state index contributed by atoms with van der Waals surface area (Å²) < 4.78 is 22.2. The summed E-state index contributed by atoms with van der Waals surface area (Å²) in [6.45, 7) is 1.35. The third-order valence-electron chi connectivity index (χ3n) is 5.35. The van der Waals surface area contributed by atoms with Crippen molar-refractivity contribution in [2.75, 3.05) is 27.6 Å². The van der Waals surface area contributed by atoms with Crippen LogP contribution in [0.4, 0.5) is 0 Å². The summed E-state index contributed by atoms with van der Waals surface area (Å²) >= 11 is 0. The van der Waals surface area contributed by atoms with Gasteiger partial charge in [0.2, 0.25) is 6.79 Å². The lowest BCUT2D eigenvalue weighted by Gasteiger charge is -2.32. The van der Waals surface area contributed by atoms with E-state index in [0.717, 1.165) is 41.2 Å². The molecule has 2 aromatic rings. The number of methoxy groups -OCH3 is 2. The minimum Gasteiger partial charge on any atom is -0.493 e. The maximum absolute atomic E-state index is 5.62. The molecule has 128 valence electrons. The molecule has 2 unspecified atom stereocenters. The molecule has 25 heavy (non-hydrogen) atoms. The van der Waals surface area contributed by atoms with Crippen LogP contribution in [0.1, 0.15) is 17.2 Å². The van der Waals surface area contributed by atoms with E-state index in [9.17, 15) is 0 Å². The molecule has 3 aliphatic rings. The van der Waals surface area contributed by atoms with Crippen molar-refractivity contribution in [2.45, 2.75) is 12.5 Å². The largest absolute Gasteiger partial charge is 0.493 e. The number of nitrogens with one attached hydrogen (secondary N) is 1. The Hall–Kier alpha value is -2.66. The molecule has 5 rings (SSSR count). The fourth-order valence-electron chi connectivity index (χ4n) is 4.12. The van der Waals surface area contributed by atoms with E-state index in [1.54, 1.807) is 14.2 Å². The van der Waals surface area contributed by atoms with Crippen LogP contribution in [-0.2, 0) is 6.42 Å². The molecule has 0 aliphatic carbocycles. The number of ether oxygens (including phenoxy) is 4. The van der Waals surface area contributed by atoms with E-state index in [0.29, 0.717) is 6.79 Å². The Labute approximate surface area is 145 Å². The van der Waals surface area contributed by atoms with Gasteiger partial charge in [-0.3, -0.25) is 4.90 Å². The zero-order valence-electron chi connectivity index (χ0n) is 14.3. The molecule has 5 heteroatoms. The van der Waals surface area contributed by atoms with E-state index in [2.05, 4.69) is 30.5 Å². The van der Waals surface area contributed by atoms with Gasteiger partial charge < -0.3 is 18.9 Å². The van der Waals surface area contributed by atoms with Crippen LogP contribution in [-0.4, -0.2) is 27.6 Å². The molecule has 5 nitrogen and oxygen atoms in total. The standard InChI is InChI=1S/C20H19NO4/c1-22-17-4-3-12-7-16-14-9-19-18(24-11-25-19)8-13(14)5-6-21(16)10-15(12)20(17)23-2/h3-4,7-10,16H,5-6,11H2,1-2H3/p+1. The summed E-state index contributed by atoms with van der Waals surface area (Å²) in [5, 5.41) is 2.29. The zero-order chi connectivity index (χ0) is 17.0.